The van der Waals surface area contributed by atoms with Crippen molar-refractivity contribution in [3.05, 3.63) is 35.9 Å². The Hall–Kier alpha value is -2.04. The van der Waals surface area contributed by atoms with E-state index in [0.717, 1.165) is 5.56 Å². The number of ether oxygens (including phenoxy) is 1. The van der Waals surface area contributed by atoms with Gasteiger partial charge in [0.05, 0.1) is 19.1 Å². The van der Waals surface area contributed by atoms with E-state index >= 15 is 0 Å². The van der Waals surface area contributed by atoms with Crippen molar-refractivity contribution in [2.45, 2.75) is 33.2 Å². The van der Waals surface area contributed by atoms with Crippen molar-refractivity contribution in [2.24, 2.45) is 5.92 Å². The average molecular weight is 292 g/mol. The molecular weight excluding hydrogens is 268 g/mol. The fourth-order valence-electron chi connectivity index (χ4n) is 1.83. The normalized spacial score (nSPS) is 11.8. The zero-order valence-electron chi connectivity index (χ0n) is 12.9. The van der Waals surface area contributed by atoms with Gasteiger partial charge < -0.3 is 15.4 Å². The van der Waals surface area contributed by atoms with Crippen LogP contribution in [0, 0.1) is 5.92 Å². The molecule has 0 aliphatic heterocycles. The van der Waals surface area contributed by atoms with Crippen LogP contribution in [0.2, 0.25) is 0 Å². The minimum Gasteiger partial charge on any atom is -0.450 e. The molecule has 0 bridgehead atoms. The van der Waals surface area contributed by atoms with Gasteiger partial charge in [-0.3, -0.25) is 4.79 Å². The van der Waals surface area contributed by atoms with Crippen LogP contribution < -0.4 is 10.6 Å². The first-order chi connectivity index (χ1) is 10.0. The number of benzene rings is 1. The summed E-state index contributed by atoms with van der Waals surface area (Å²) in [6.07, 6.45) is -0.321. The standard InChI is InChI=1S/C16H24N2O3/c1-4-21-16(20)18-14(13-8-6-5-7-9-13)10-15(19)17-11-12(2)3/h5-9,12,14H,4,10-11H2,1-3H3,(H,17,19)(H,18,20)/t14-/m0/s1. The molecule has 2 N–H and O–H groups in total. The van der Waals surface area contributed by atoms with Crippen LogP contribution in [0.3, 0.4) is 0 Å². The SMILES string of the molecule is CCOC(=O)N[C@@H](CC(=O)NCC(C)C)c1ccccc1. The van der Waals surface area contributed by atoms with Gasteiger partial charge in [0.1, 0.15) is 0 Å². The predicted molar refractivity (Wildman–Crippen MR) is 81.8 cm³/mol. The second kappa shape index (κ2) is 9.00. The third-order valence-corrected chi connectivity index (χ3v) is 2.87. The number of alkyl carbamates (subject to hydrolysis) is 1. The van der Waals surface area contributed by atoms with E-state index in [9.17, 15) is 9.59 Å². The van der Waals surface area contributed by atoms with Gasteiger partial charge in [-0.1, -0.05) is 44.2 Å². The molecule has 0 aromatic heterocycles. The number of hydrogen-bond donors (Lipinski definition) is 2. The molecule has 0 unspecified atom stereocenters. The summed E-state index contributed by atoms with van der Waals surface area (Å²) < 4.78 is 4.89. The van der Waals surface area contributed by atoms with E-state index in [1.54, 1.807) is 6.92 Å². The molecule has 1 aromatic rings. The summed E-state index contributed by atoms with van der Waals surface area (Å²) in [5, 5.41) is 5.59. The minimum atomic E-state index is -0.511. The lowest BCUT2D eigenvalue weighted by atomic mass is 10.0. The number of hydrogen-bond acceptors (Lipinski definition) is 3. The molecule has 1 aromatic carbocycles. The molecule has 0 aliphatic carbocycles. The van der Waals surface area contributed by atoms with Gasteiger partial charge in [-0.2, -0.15) is 0 Å². The molecule has 0 aliphatic rings. The lowest BCUT2D eigenvalue weighted by Crippen LogP contribution is -2.35. The third kappa shape index (κ3) is 6.79. The molecule has 2 amide bonds. The van der Waals surface area contributed by atoms with Crippen molar-refractivity contribution in [3.63, 3.8) is 0 Å². The summed E-state index contributed by atoms with van der Waals surface area (Å²) in [6.45, 7) is 6.73. The molecule has 5 nitrogen and oxygen atoms in total. The molecule has 0 saturated heterocycles. The van der Waals surface area contributed by atoms with Crippen molar-refractivity contribution in [1.29, 1.82) is 0 Å². The Morgan fingerprint density at radius 1 is 1.19 bits per heavy atom. The number of carbonyl (C=O) groups is 2. The summed E-state index contributed by atoms with van der Waals surface area (Å²) in [4.78, 5) is 23.6. The van der Waals surface area contributed by atoms with E-state index in [1.807, 2.05) is 44.2 Å². The van der Waals surface area contributed by atoms with Crippen molar-refractivity contribution in [3.8, 4) is 0 Å². The van der Waals surface area contributed by atoms with E-state index in [-0.39, 0.29) is 12.3 Å². The van der Waals surface area contributed by atoms with Gasteiger partial charge in [0.25, 0.3) is 0 Å². The van der Waals surface area contributed by atoms with Crippen LogP contribution in [0.5, 0.6) is 0 Å². The Bertz CT molecular complexity index is 446. The highest BCUT2D eigenvalue weighted by molar-refractivity contribution is 5.78. The van der Waals surface area contributed by atoms with E-state index < -0.39 is 12.1 Å². The van der Waals surface area contributed by atoms with Crippen molar-refractivity contribution >= 4 is 12.0 Å². The average Bonchev–Trinajstić information content (AvgIpc) is 2.45. The van der Waals surface area contributed by atoms with Crippen molar-refractivity contribution in [2.75, 3.05) is 13.2 Å². The zero-order chi connectivity index (χ0) is 15.7. The largest absolute Gasteiger partial charge is 0.450 e. The zero-order valence-corrected chi connectivity index (χ0v) is 12.9. The van der Waals surface area contributed by atoms with E-state index in [2.05, 4.69) is 10.6 Å². The van der Waals surface area contributed by atoms with Crippen LogP contribution in [0.4, 0.5) is 4.79 Å². The summed E-state index contributed by atoms with van der Waals surface area (Å²) in [5.41, 5.74) is 0.880. The fraction of sp³-hybridized carbons (Fsp3) is 0.500. The molecule has 1 atom stereocenters. The van der Waals surface area contributed by atoms with Gasteiger partial charge in [0.15, 0.2) is 0 Å². The second-order valence-electron chi connectivity index (χ2n) is 5.23. The monoisotopic (exact) mass is 292 g/mol. The number of carbonyl (C=O) groups excluding carboxylic acids is 2. The summed E-state index contributed by atoms with van der Waals surface area (Å²) in [7, 11) is 0. The summed E-state index contributed by atoms with van der Waals surface area (Å²) >= 11 is 0. The Labute approximate surface area is 126 Å². The highest BCUT2D eigenvalue weighted by atomic mass is 16.5. The Morgan fingerprint density at radius 3 is 2.43 bits per heavy atom. The molecular formula is C16H24N2O3. The quantitative estimate of drug-likeness (QED) is 0.812. The maximum atomic E-state index is 12.0. The lowest BCUT2D eigenvalue weighted by molar-refractivity contribution is -0.121. The Kier molecular flexibility index (Phi) is 7.29. The van der Waals surface area contributed by atoms with Crippen molar-refractivity contribution in [1.82, 2.24) is 10.6 Å². The topological polar surface area (TPSA) is 67.4 Å². The first-order valence-corrected chi connectivity index (χ1v) is 7.27. The number of nitrogens with one attached hydrogen (secondary N) is 2. The van der Waals surface area contributed by atoms with Crippen LogP contribution in [0.25, 0.3) is 0 Å². The molecule has 0 radical (unpaired) electrons. The minimum absolute atomic E-state index is 0.0886. The van der Waals surface area contributed by atoms with Gasteiger partial charge >= 0.3 is 6.09 Å². The van der Waals surface area contributed by atoms with Crippen LogP contribution in [-0.2, 0) is 9.53 Å². The van der Waals surface area contributed by atoms with E-state index in [4.69, 9.17) is 4.74 Å². The van der Waals surface area contributed by atoms with E-state index in [1.165, 1.54) is 0 Å². The van der Waals surface area contributed by atoms with Gasteiger partial charge in [0.2, 0.25) is 5.91 Å². The molecule has 0 spiro atoms. The van der Waals surface area contributed by atoms with E-state index in [0.29, 0.717) is 19.1 Å². The maximum absolute atomic E-state index is 12.0. The summed E-state index contributed by atoms with van der Waals surface area (Å²) in [6, 6.07) is 9.02. The molecule has 116 valence electrons. The number of amides is 2. The van der Waals surface area contributed by atoms with Crippen LogP contribution in [0.15, 0.2) is 30.3 Å². The Morgan fingerprint density at radius 2 is 1.86 bits per heavy atom. The Balaban J connectivity index is 2.68. The highest BCUT2D eigenvalue weighted by Crippen LogP contribution is 2.16. The van der Waals surface area contributed by atoms with Gasteiger partial charge in [-0.05, 0) is 18.4 Å². The van der Waals surface area contributed by atoms with Gasteiger partial charge in [-0.15, -0.1) is 0 Å². The molecule has 5 heteroatoms. The molecule has 0 heterocycles. The maximum Gasteiger partial charge on any atom is 0.407 e. The predicted octanol–water partition coefficient (Wildman–Crippen LogP) is 2.64. The van der Waals surface area contributed by atoms with Crippen LogP contribution in [-0.4, -0.2) is 25.2 Å². The first kappa shape index (κ1) is 17.0. The molecule has 0 saturated carbocycles. The first-order valence-electron chi connectivity index (χ1n) is 7.27. The fourth-order valence-corrected chi connectivity index (χ4v) is 1.83. The lowest BCUT2D eigenvalue weighted by Gasteiger charge is -2.19. The molecule has 21 heavy (non-hydrogen) atoms. The molecule has 1 rings (SSSR count). The smallest absolute Gasteiger partial charge is 0.407 e. The molecule has 0 fully saturated rings. The van der Waals surface area contributed by atoms with Gasteiger partial charge in [0, 0.05) is 6.54 Å². The third-order valence-electron chi connectivity index (χ3n) is 2.87. The van der Waals surface area contributed by atoms with Crippen LogP contribution >= 0.6 is 0 Å². The van der Waals surface area contributed by atoms with Gasteiger partial charge in [-0.25, -0.2) is 4.79 Å². The second-order valence-corrected chi connectivity index (χ2v) is 5.23. The highest BCUT2D eigenvalue weighted by Gasteiger charge is 2.18. The number of rotatable bonds is 7. The van der Waals surface area contributed by atoms with Crippen LogP contribution in [0.1, 0.15) is 38.8 Å². The summed E-state index contributed by atoms with van der Waals surface area (Å²) in [5.74, 6) is 0.302. The van der Waals surface area contributed by atoms with Crippen molar-refractivity contribution < 1.29 is 14.3 Å².